The van der Waals surface area contributed by atoms with Crippen molar-refractivity contribution in [1.82, 2.24) is 10.2 Å². The van der Waals surface area contributed by atoms with E-state index in [0.717, 1.165) is 38.4 Å². The van der Waals surface area contributed by atoms with Crippen molar-refractivity contribution in [3.63, 3.8) is 0 Å². The third kappa shape index (κ3) is 2.88. The molecule has 120 valence electrons. The van der Waals surface area contributed by atoms with Crippen LogP contribution in [0.4, 0.5) is 4.79 Å². The highest BCUT2D eigenvalue weighted by atomic mass is 32.1. The predicted molar refractivity (Wildman–Crippen MR) is 87.3 cm³/mol. The van der Waals surface area contributed by atoms with Crippen LogP contribution in [-0.4, -0.2) is 36.2 Å². The molecule has 2 saturated heterocycles. The molecule has 1 amide bonds. The van der Waals surface area contributed by atoms with E-state index in [0.29, 0.717) is 6.54 Å². The topological polar surface area (TPSA) is 41.6 Å². The van der Waals surface area contributed by atoms with Crippen molar-refractivity contribution in [1.29, 1.82) is 0 Å². The highest BCUT2D eigenvalue weighted by Gasteiger charge is 2.43. The molecule has 0 radical (unpaired) electrons. The maximum Gasteiger partial charge on any atom is 0.407 e. The van der Waals surface area contributed by atoms with Crippen LogP contribution in [0.5, 0.6) is 0 Å². The standard InChI is InChI=1S/C17H24N2O2S/c20-16-18-11-17(21-16)8-3-9-19(12-17)10-14-6-7-15(22-14)13-4-1-2-5-13/h6-7,13H,1-5,8-12H2,(H,18,20). The molecular weight excluding hydrogens is 296 g/mol. The van der Waals surface area contributed by atoms with Gasteiger partial charge in [-0.2, -0.15) is 0 Å². The Bertz CT molecular complexity index is 553. The Hall–Kier alpha value is -1.07. The van der Waals surface area contributed by atoms with Gasteiger partial charge >= 0.3 is 6.09 Å². The zero-order valence-corrected chi connectivity index (χ0v) is 13.8. The zero-order valence-electron chi connectivity index (χ0n) is 13.0. The Labute approximate surface area is 135 Å². The quantitative estimate of drug-likeness (QED) is 0.927. The number of alkyl carbamates (subject to hydrolysis) is 1. The van der Waals surface area contributed by atoms with Crippen molar-refractivity contribution in [2.45, 2.75) is 56.6 Å². The highest BCUT2D eigenvalue weighted by Crippen LogP contribution is 2.38. The van der Waals surface area contributed by atoms with Crippen molar-refractivity contribution in [2.24, 2.45) is 0 Å². The van der Waals surface area contributed by atoms with E-state index in [1.807, 2.05) is 11.3 Å². The number of amides is 1. The molecule has 3 heterocycles. The first-order valence-corrected chi connectivity index (χ1v) is 9.32. The highest BCUT2D eigenvalue weighted by molar-refractivity contribution is 7.12. The lowest BCUT2D eigenvalue weighted by atomic mass is 9.93. The van der Waals surface area contributed by atoms with E-state index in [1.165, 1.54) is 30.6 Å². The van der Waals surface area contributed by atoms with Gasteiger partial charge in [-0.15, -0.1) is 11.3 Å². The van der Waals surface area contributed by atoms with Gasteiger partial charge in [0.2, 0.25) is 0 Å². The number of rotatable bonds is 3. The SMILES string of the molecule is O=C1NCC2(CCCN(Cc3ccc(C4CCCC4)s3)C2)O1. The molecule has 1 unspecified atom stereocenters. The van der Waals surface area contributed by atoms with Crippen molar-refractivity contribution in [2.75, 3.05) is 19.6 Å². The minimum Gasteiger partial charge on any atom is -0.440 e. The van der Waals surface area contributed by atoms with Crippen LogP contribution in [-0.2, 0) is 11.3 Å². The molecule has 4 nitrogen and oxygen atoms in total. The predicted octanol–water partition coefficient (Wildman–Crippen LogP) is 3.48. The van der Waals surface area contributed by atoms with Crippen LogP contribution in [0.3, 0.4) is 0 Å². The van der Waals surface area contributed by atoms with Crippen molar-refractivity contribution in [3.05, 3.63) is 21.9 Å². The summed E-state index contributed by atoms with van der Waals surface area (Å²) < 4.78 is 5.56. The first kappa shape index (κ1) is 14.5. The molecular formula is C17H24N2O2S. The molecule has 1 atom stereocenters. The average Bonchev–Trinajstić information content (AvgIpc) is 3.21. The molecule has 4 rings (SSSR count). The zero-order chi connectivity index (χ0) is 15.0. The van der Waals surface area contributed by atoms with E-state index in [9.17, 15) is 4.79 Å². The summed E-state index contributed by atoms with van der Waals surface area (Å²) in [4.78, 5) is 16.9. The number of carbonyl (C=O) groups is 1. The number of hydrogen-bond donors (Lipinski definition) is 1. The summed E-state index contributed by atoms with van der Waals surface area (Å²) in [6.45, 7) is 3.63. The van der Waals surface area contributed by atoms with E-state index in [-0.39, 0.29) is 11.7 Å². The normalized spacial score (nSPS) is 29.9. The molecule has 1 aromatic rings. The van der Waals surface area contributed by atoms with Crippen molar-refractivity contribution >= 4 is 17.4 Å². The van der Waals surface area contributed by atoms with Gasteiger partial charge in [0, 0.05) is 22.8 Å². The molecule has 22 heavy (non-hydrogen) atoms. The largest absolute Gasteiger partial charge is 0.440 e. The molecule has 1 aromatic heterocycles. The summed E-state index contributed by atoms with van der Waals surface area (Å²) in [5.41, 5.74) is -0.277. The van der Waals surface area contributed by atoms with E-state index >= 15 is 0 Å². The maximum atomic E-state index is 11.4. The number of nitrogens with one attached hydrogen (secondary N) is 1. The summed E-state index contributed by atoms with van der Waals surface area (Å²) in [6, 6.07) is 4.64. The summed E-state index contributed by atoms with van der Waals surface area (Å²) >= 11 is 1.99. The molecule has 1 aliphatic carbocycles. The van der Waals surface area contributed by atoms with E-state index in [2.05, 4.69) is 22.3 Å². The molecule has 5 heteroatoms. The lowest BCUT2D eigenvalue weighted by Gasteiger charge is -2.37. The second-order valence-electron chi connectivity index (χ2n) is 7.03. The van der Waals surface area contributed by atoms with Gasteiger partial charge in [0.05, 0.1) is 6.54 Å². The van der Waals surface area contributed by atoms with Gasteiger partial charge in [0.15, 0.2) is 0 Å². The summed E-state index contributed by atoms with van der Waals surface area (Å²) in [6.07, 6.45) is 7.37. The molecule has 1 N–H and O–H groups in total. The van der Waals surface area contributed by atoms with E-state index in [4.69, 9.17) is 4.74 Å². The molecule has 3 fully saturated rings. The van der Waals surface area contributed by atoms with E-state index in [1.54, 1.807) is 4.88 Å². The Kier molecular flexibility index (Phi) is 3.86. The molecule has 3 aliphatic rings. The van der Waals surface area contributed by atoms with Gasteiger partial charge in [-0.05, 0) is 50.3 Å². The molecule has 2 aliphatic heterocycles. The van der Waals surface area contributed by atoms with Gasteiger partial charge in [-0.1, -0.05) is 12.8 Å². The third-order valence-corrected chi connectivity index (χ3v) is 6.53. The fourth-order valence-corrected chi connectivity index (χ4v) is 5.41. The van der Waals surface area contributed by atoms with Gasteiger partial charge in [-0.25, -0.2) is 4.79 Å². The first-order chi connectivity index (χ1) is 10.7. The molecule has 1 saturated carbocycles. The minimum absolute atomic E-state index is 0.249. The first-order valence-electron chi connectivity index (χ1n) is 8.50. The lowest BCUT2D eigenvalue weighted by Crippen LogP contribution is -2.49. The van der Waals surface area contributed by atoms with Crippen LogP contribution in [0.2, 0.25) is 0 Å². The van der Waals surface area contributed by atoms with Crippen LogP contribution in [0, 0.1) is 0 Å². The minimum atomic E-state index is -0.277. The van der Waals surface area contributed by atoms with Gasteiger partial charge in [0.25, 0.3) is 0 Å². The van der Waals surface area contributed by atoms with Crippen LogP contribution < -0.4 is 5.32 Å². The Morgan fingerprint density at radius 2 is 2.18 bits per heavy atom. The van der Waals surface area contributed by atoms with Crippen molar-refractivity contribution < 1.29 is 9.53 Å². The monoisotopic (exact) mass is 320 g/mol. The Morgan fingerprint density at radius 1 is 1.32 bits per heavy atom. The summed E-state index contributed by atoms with van der Waals surface area (Å²) in [7, 11) is 0. The fraction of sp³-hybridized carbons (Fsp3) is 0.706. The third-order valence-electron chi connectivity index (χ3n) is 5.30. The van der Waals surface area contributed by atoms with Gasteiger partial charge < -0.3 is 10.1 Å². The number of piperidine rings is 1. The number of carbonyl (C=O) groups excluding carboxylic acids is 1. The maximum absolute atomic E-state index is 11.4. The van der Waals surface area contributed by atoms with Crippen molar-refractivity contribution in [3.8, 4) is 0 Å². The number of thiophene rings is 1. The van der Waals surface area contributed by atoms with Gasteiger partial charge in [-0.3, -0.25) is 4.90 Å². The van der Waals surface area contributed by atoms with Crippen LogP contribution >= 0.6 is 11.3 Å². The number of hydrogen-bond acceptors (Lipinski definition) is 4. The lowest BCUT2D eigenvalue weighted by molar-refractivity contribution is -0.0108. The smallest absolute Gasteiger partial charge is 0.407 e. The number of likely N-dealkylation sites (tertiary alicyclic amines) is 1. The van der Waals surface area contributed by atoms with Crippen LogP contribution in [0.1, 0.15) is 54.2 Å². The second kappa shape index (κ2) is 5.85. The van der Waals surface area contributed by atoms with Crippen LogP contribution in [0.25, 0.3) is 0 Å². The number of ether oxygens (including phenoxy) is 1. The second-order valence-corrected chi connectivity index (χ2v) is 8.23. The summed E-state index contributed by atoms with van der Waals surface area (Å²) in [5, 5.41) is 2.82. The fourth-order valence-electron chi connectivity index (χ4n) is 4.18. The molecule has 0 bridgehead atoms. The average molecular weight is 320 g/mol. The molecule has 0 aromatic carbocycles. The van der Waals surface area contributed by atoms with Gasteiger partial charge in [0.1, 0.15) is 5.60 Å². The van der Waals surface area contributed by atoms with E-state index < -0.39 is 0 Å². The summed E-state index contributed by atoms with van der Waals surface area (Å²) in [5.74, 6) is 0.812. The van der Waals surface area contributed by atoms with Crippen LogP contribution in [0.15, 0.2) is 12.1 Å². The Balaban J connectivity index is 1.39. The Morgan fingerprint density at radius 3 is 2.95 bits per heavy atom. The molecule has 1 spiro atoms. The number of nitrogens with zero attached hydrogens (tertiary/aromatic N) is 1.